The van der Waals surface area contributed by atoms with Crippen LogP contribution in [0.2, 0.25) is 5.02 Å². The number of aromatic nitrogens is 2. The number of fused-ring (bicyclic) bond motifs is 1. The number of halogens is 4. The highest BCUT2D eigenvalue weighted by Gasteiger charge is 2.32. The third-order valence-electron chi connectivity index (χ3n) is 4.87. The summed E-state index contributed by atoms with van der Waals surface area (Å²) in [5.41, 5.74) is 1.63. The van der Waals surface area contributed by atoms with Crippen LogP contribution >= 0.6 is 23.2 Å². The summed E-state index contributed by atoms with van der Waals surface area (Å²) < 4.78 is 39.2. The van der Waals surface area contributed by atoms with Crippen LogP contribution in [0.15, 0.2) is 42.2 Å². The molecule has 0 radical (unpaired) electrons. The fourth-order valence-corrected chi connectivity index (χ4v) is 3.47. The van der Waals surface area contributed by atoms with Gasteiger partial charge in [-0.25, -0.2) is 18.7 Å². The van der Waals surface area contributed by atoms with E-state index in [1.807, 2.05) is 0 Å². The van der Waals surface area contributed by atoms with E-state index in [-0.39, 0.29) is 23.5 Å². The number of benzene rings is 2. The van der Waals surface area contributed by atoms with Crippen LogP contribution in [0.25, 0.3) is 10.9 Å². The van der Waals surface area contributed by atoms with Gasteiger partial charge in [0.05, 0.1) is 31.4 Å². The molecule has 2 heterocycles. The lowest BCUT2D eigenvalue weighted by molar-refractivity contribution is -0.134. The van der Waals surface area contributed by atoms with E-state index in [9.17, 15) is 13.6 Å². The van der Waals surface area contributed by atoms with Crippen LogP contribution < -0.4 is 14.8 Å². The van der Waals surface area contributed by atoms with E-state index in [0.29, 0.717) is 35.5 Å². The molecule has 0 spiro atoms. The Balaban J connectivity index is 1.62. The number of hydrogen-bond donors (Lipinski definition) is 1. The number of anilines is 2. The molecule has 1 aliphatic heterocycles. The quantitative estimate of drug-likeness (QED) is 0.408. The van der Waals surface area contributed by atoms with Crippen molar-refractivity contribution in [2.24, 2.45) is 0 Å². The molecule has 1 N–H and O–H groups in total. The van der Waals surface area contributed by atoms with E-state index in [4.69, 9.17) is 32.7 Å². The molecule has 1 amide bonds. The smallest absolute Gasteiger partial charge is 0.247 e. The fourth-order valence-electron chi connectivity index (χ4n) is 3.20. The van der Waals surface area contributed by atoms with Crippen molar-refractivity contribution in [3.63, 3.8) is 0 Å². The summed E-state index contributed by atoms with van der Waals surface area (Å²) in [4.78, 5) is 21.8. The maximum Gasteiger partial charge on any atom is 0.247 e. The predicted molar refractivity (Wildman–Crippen MR) is 117 cm³/mol. The lowest BCUT2D eigenvalue weighted by atomic mass is 10.1. The summed E-state index contributed by atoms with van der Waals surface area (Å²) in [5.74, 6) is -0.901. The molecule has 2 aromatic carbocycles. The number of carbonyl (C=O) groups excluding carboxylic acids is 1. The molecule has 0 unspecified atom stereocenters. The van der Waals surface area contributed by atoms with Gasteiger partial charge in [-0.1, -0.05) is 23.2 Å². The van der Waals surface area contributed by atoms with Crippen molar-refractivity contribution in [2.75, 3.05) is 25.5 Å². The van der Waals surface area contributed by atoms with E-state index in [0.717, 1.165) is 11.6 Å². The minimum Gasteiger partial charge on any atom is -0.493 e. The summed E-state index contributed by atoms with van der Waals surface area (Å²) in [6.45, 7) is 0.772. The number of amides is 1. The first-order chi connectivity index (χ1) is 15.4. The summed E-state index contributed by atoms with van der Waals surface area (Å²) in [6, 6.07) is 5.59. The molecule has 0 saturated carbocycles. The molecule has 3 aromatic rings. The number of likely N-dealkylation sites (tertiary alicyclic amines) is 1. The largest absolute Gasteiger partial charge is 0.493 e. The second-order valence-electron chi connectivity index (χ2n) is 6.87. The van der Waals surface area contributed by atoms with Gasteiger partial charge in [-0.2, -0.15) is 0 Å². The van der Waals surface area contributed by atoms with Crippen molar-refractivity contribution in [1.29, 1.82) is 0 Å². The van der Waals surface area contributed by atoms with Gasteiger partial charge in [-0.15, -0.1) is 0 Å². The third-order valence-corrected chi connectivity index (χ3v) is 5.34. The second kappa shape index (κ2) is 9.13. The van der Waals surface area contributed by atoms with Crippen molar-refractivity contribution in [3.8, 4) is 11.5 Å². The highest BCUT2D eigenvalue weighted by atomic mass is 35.5. The average molecular weight is 481 g/mol. The Kier molecular flexibility index (Phi) is 6.29. The van der Waals surface area contributed by atoms with Gasteiger partial charge in [0.25, 0.3) is 0 Å². The van der Waals surface area contributed by atoms with Gasteiger partial charge in [0.15, 0.2) is 17.3 Å². The standard InChI is InChI=1S/C21H16Cl2F2N4O3/c1-31-16-7-15-12(6-17(16)32-11-8-29(9-11)18(30)4-5-22)21(27-10-26-15)28-14-3-2-13(24)19(23)20(14)25/h2-7,10-11H,8-9H2,1H3,(H,26,27,28). The molecule has 1 saturated heterocycles. The maximum atomic E-state index is 14.4. The van der Waals surface area contributed by atoms with Crippen LogP contribution in [0.3, 0.4) is 0 Å². The van der Waals surface area contributed by atoms with Crippen LogP contribution in [-0.2, 0) is 4.79 Å². The van der Waals surface area contributed by atoms with Crippen molar-refractivity contribution >= 4 is 51.5 Å². The lowest BCUT2D eigenvalue weighted by Crippen LogP contribution is -2.55. The van der Waals surface area contributed by atoms with E-state index in [1.165, 1.54) is 25.6 Å². The SMILES string of the molecule is COc1cc2ncnc(Nc3ccc(F)c(Cl)c3F)c2cc1OC1CN(C(=O)C=CCl)C1. The van der Waals surface area contributed by atoms with Crippen molar-refractivity contribution in [2.45, 2.75) is 6.10 Å². The summed E-state index contributed by atoms with van der Waals surface area (Å²) in [7, 11) is 1.49. The van der Waals surface area contributed by atoms with E-state index < -0.39 is 16.7 Å². The molecule has 1 fully saturated rings. The zero-order chi connectivity index (χ0) is 22.8. The van der Waals surface area contributed by atoms with Crippen LogP contribution in [-0.4, -0.2) is 47.1 Å². The Labute approximate surface area is 191 Å². The Morgan fingerprint density at radius 2 is 2.03 bits per heavy atom. The average Bonchev–Trinajstić information content (AvgIpc) is 2.76. The Bertz CT molecular complexity index is 1220. The van der Waals surface area contributed by atoms with Gasteiger partial charge in [0.2, 0.25) is 5.91 Å². The van der Waals surface area contributed by atoms with Crippen LogP contribution in [0, 0.1) is 11.6 Å². The van der Waals surface area contributed by atoms with Gasteiger partial charge in [0.1, 0.15) is 29.1 Å². The predicted octanol–water partition coefficient (Wildman–Crippen LogP) is 4.66. The summed E-state index contributed by atoms with van der Waals surface area (Å²) in [5, 5.41) is 2.71. The molecule has 11 heteroatoms. The van der Waals surface area contributed by atoms with E-state index in [2.05, 4.69) is 15.3 Å². The number of rotatable bonds is 6. The van der Waals surface area contributed by atoms with Gasteiger partial charge in [0, 0.05) is 23.1 Å². The topological polar surface area (TPSA) is 76.6 Å². The van der Waals surface area contributed by atoms with Crippen LogP contribution in [0.5, 0.6) is 11.5 Å². The number of methoxy groups -OCH3 is 1. The molecule has 1 aliphatic rings. The van der Waals surface area contributed by atoms with Crippen LogP contribution in [0.4, 0.5) is 20.3 Å². The van der Waals surface area contributed by atoms with Crippen molar-refractivity contribution in [1.82, 2.24) is 14.9 Å². The minimum atomic E-state index is -0.936. The molecule has 0 atom stereocenters. The van der Waals surface area contributed by atoms with Crippen molar-refractivity contribution < 1.29 is 23.0 Å². The molecular weight excluding hydrogens is 465 g/mol. The number of carbonyl (C=O) groups is 1. The Hall–Kier alpha value is -3.17. The number of nitrogens with one attached hydrogen (secondary N) is 1. The first-order valence-corrected chi connectivity index (χ1v) is 10.2. The minimum absolute atomic E-state index is 0.0461. The van der Waals surface area contributed by atoms with E-state index >= 15 is 0 Å². The number of nitrogens with zero attached hydrogens (tertiary/aromatic N) is 3. The molecule has 32 heavy (non-hydrogen) atoms. The molecule has 0 bridgehead atoms. The normalized spacial score (nSPS) is 14.0. The number of ether oxygens (including phenoxy) is 2. The zero-order valence-electron chi connectivity index (χ0n) is 16.6. The first-order valence-electron chi connectivity index (χ1n) is 9.37. The molecule has 7 nitrogen and oxygen atoms in total. The molecule has 166 valence electrons. The lowest BCUT2D eigenvalue weighted by Gasteiger charge is -2.38. The molecule has 4 rings (SSSR count). The number of hydrogen-bond acceptors (Lipinski definition) is 6. The molecule has 0 aliphatic carbocycles. The first kappa shape index (κ1) is 22.0. The summed E-state index contributed by atoms with van der Waals surface area (Å²) in [6.07, 6.45) is 2.32. The monoisotopic (exact) mass is 480 g/mol. The van der Waals surface area contributed by atoms with Gasteiger partial charge in [-0.05, 0) is 18.2 Å². The van der Waals surface area contributed by atoms with Crippen molar-refractivity contribution in [3.05, 3.63) is 58.9 Å². The summed E-state index contributed by atoms with van der Waals surface area (Å²) >= 11 is 11.1. The van der Waals surface area contributed by atoms with E-state index in [1.54, 1.807) is 17.0 Å². The fraction of sp³-hybridized carbons (Fsp3) is 0.190. The van der Waals surface area contributed by atoms with Crippen LogP contribution in [0.1, 0.15) is 0 Å². The highest BCUT2D eigenvalue weighted by molar-refractivity contribution is 6.31. The Morgan fingerprint density at radius 3 is 2.75 bits per heavy atom. The second-order valence-corrected chi connectivity index (χ2v) is 7.50. The maximum absolute atomic E-state index is 14.4. The Morgan fingerprint density at radius 1 is 1.25 bits per heavy atom. The highest BCUT2D eigenvalue weighted by Crippen LogP contribution is 2.37. The van der Waals surface area contributed by atoms with Gasteiger partial charge >= 0.3 is 0 Å². The zero-order valence-corrected chi connectivity index (χ0v) is 18.1. The molecule has 1 aromatic heterocycles. The van der Waals surface area contributed by atoms with Gasteiger partial charge < -0.3 is 19.7 Å². The third kappa shape index (κ3) is 4.26. The molecular formula is C21H16Cl2F2N4O3. The van der Waals surface area contributed by atoms with Gasteiger partial charge in [-0.3, -0.25) is 4.79 Å².